The number of ketones is 1. The quantitative estimate of drug-likeness (QED) is 0.530. The summed E-state index contributed by atoms with van der Waals surface area (Å²) >= 11 is 0. The molecule has 0 bridgehead atoms. The predicted octanol–water partition coefficient (Wildman–Crippen LogP) is 3.63. The van der Waals surface area contributed by atoms with Gasteiger partial charge < -0.3 is 23.7 Å². The van der Waals surface area contributed by atoms with E-state index in [0.717, 1.165) is 5.56 Å². The highest BCUT2D eigenvalue weighted by Gasteiger charge is 2.18. The summed E-state index contributed by atoms with van der Waals surface area (Å²) in [4.78, 5) is 12.7. The number of ether oxygens (including phenoxy) is 5. The van der Waals surface area contributed by atoms with Crippen LogP contribution in [0, 0.1) is 0 Å². The molecule has 0 spiro atoms. The van der Waals surface area contributed by atoms with E-state index in [1.165, 1.54) is 27.4 Å². The molecule has 26 heavy (non-hydrogen) atoms. The van der Waals surface area contributed by atoms with Gasteiger partial charge in [-0.15, -0.1) is 0 Å². The summed E-state index contributed by atoms with van der Waals surface area (Å²) < 4.78 is 26.3. The first kappa shape index (κ1) is 19.2. The van der Waals surface area contributed by atoms with E-state index in [1.54, 1.807) is 44.6 Å². The molecular weight excluding hydrogens is 336 g/mol. The molecule has 0 heterocycles. The average Bonchev–Trinajstić information content (AvgIpc) is 2.70. The van der Waals surface area contributed by atoms with Crippen LogP contribution >= 0.6 is 0 Å². The van der Waals surface area contributed by atoms with Gasteiger partial charge in [-0.1, -0.05) is 12.1 Å². The van der Waals surface area contributed by atoms with Crippen molar-refractivity contribution in [1.29, 1.82) is 0 Å². The molecule has 0 atom stereocenters. The van der Waals surface area contributed by atoms with E-state index < -0.39 is 0 Å². The number of hydrogen-bond acceptors (Lipinski definition) is 6. The molecule has 2 aromatic carbocycles. The third-order valence-electron chi connectivity index (χ3n) is 3.80. The second-order valence-electron chi connectivity index (χ2n) is 5.22. The van der Waals surface area contributed by atoms with Crippen LogP contribution in [0.2, 0.25) is 0 Å². The molecule has 0 N–H and O–H groups in total. The van der Waals surface area contributed by atoms with E-state index >= 15 is 0 Å². The summed E-state index contributed by atoms with van der Waals surface area (Å²) in [7, 11) is 7.64. The molecule has 0 fully saturated rings. The first-order valence-corrected chi connectivity index (χ1v) is 7.82. The van der Waals surface area contributed by atoms with E-state index in [2.05, 4.69) is 0 Å². The van der Waals surface area contributed by atoms with Gasteiger partial charge in [0.1, 0.15) is 22.8 Å². The van der Waals surface area contributed by atoms with Crippen molar-refractivity contribution in [3.05, 3.63) is 47.5 Å². The molecule has 0 amide bonds. The summed E-state index contributed by atoms with van der Waals surface area (Å²) in [6.07, 6.45) is 3.14. The lowest BCUT2D eigenvalue weighted by Gasteiger charge is -2.13. The number of methoxy groups -OCH3 is 5. The molecule has 0 unspecified atom stereocenters. The Balaban J connectivity index is 2.36. The summed E-state index contributed by atoms with van der Waals surface area (Å²) in [5.41, 5.74) is 1.12. The van der Waals surface area contributed by atoms with Crippen molar-refractivity contribution >= 4 is 11.9 Å². The van der Waals surface area contributed by atoms with Gasteiger partial charge in [0.05, 0.1) is 35.5 Å². The second kappa shape index (κ2) is 8.80. The molecule has 0 aliphatic heterocycles. The second-order valence-corrected chi connectivity index (χ2v) is 5.22. The molecule has 2 rings (SSSR count). The van der Waals surface area contributed by atoms with Crippen molar-refractivity contribution in [2.24, 2.45) is 0 Å². The monoisotopic (exact) mass is 358 g/mol. The maximum absolute atomic E-state index is 12.7. The highest BCUT2D eigenvalue weighted by molar-refractivity contribution is 6.10. The van der Waals surface area contributed by atoms with Crippen molar-refractivity contribution in [2.75, 3.05) is 35.5 Å². The van der Waals surface area contributed by atoms with Crippen molar-refractivity contribution in [2.45, 2.75) is 0 Å². The van der Waals surface area contributed by atoms with E-state index in [0.29, 0.717) is 34.3 Å². The minimum Gasteiger partial charge on any atom is -0.496 e. The smallest absolute Gasteiger partial charge is 0.193 e. The summed E-state index contributed by atoms with van der Waals surface area (Å²) in [5, 5.41) is 0. The van der Waals surface area contributed by atoms with E-state index in [4.69, 9.17) is 23.7 Å². The van der Waals surface area contributed by atoms with E-state index in [1.807, 2.05) is 6.07 Å². The number of allylic oxidation sites excluding steroid dienone is 1. The average molecular weight is 358 g/mol. The Morgan fingerprint density at radius 3 is 1.81 bits per heavy atom. The lowest BCUT2D eigenvalue weighted by atomic mass is 10.1. The number of benzene rings is 2. The largest absolute Gasteiger partial charge is 0.496 e. The molecule has 0 aliphatic carbocycles. The molecule has 6 nitrogen and oxygen atoms in total. The van der Waals surface area contributed by atoms with Crippen LogP contribution in [0.5, 0.6) is 28.7 Å². The SMILES string of the molecule is COc1cc(OC)c(C(=O)/C=C/c2ccc(OC)c(OC)c2)c(OC)c1. The van der Waals surface area contributed by atoms with Gasteiger partial charge in [0.25, 0.3) is 0 Å². The minimum atomic E-state index is -0.254. The number of hydrogen-bond donors (Lipinski definition) is 0. The third-order valence-corrected chi connectivity index (χ3v) is 3.80. The van der Waals surface area contributed by atoms with Gasteiger partial charge in [-0.05, 0) is 23.8 Å². The van der Waals surface area contributed by atoms with Crippen molar-refractivity contribution in [1.82, 2.24) is 0 Å². The molecule has 0 saturated heterocycles. The van der Waals surface area contributed by atoms with Gasteiger partial charge in [-0.2, -0.15) is 0 Å². The molecule has 0 aromatic heterocycles. The zero-order chi connectivity index (χ0) is 19.1. The van der Waals surface area contributed by atoms with Crippen molar-refractivity contribution < 1.29 is 28.5 Å². The summed E-state index contributed by atoms with van der Waals surface area (Å²) in [6, 6.07) is 8.66. The third kappa shape index (κ3) is 4.08. The van der Waals surface area contributed by atoms with Gasteiger partial charge >= 0.3 is 0 Å². The number of carbonyl (C=O) groups is 1. The zero-order valence-corrected chi connectivity index (χ0v) is 15.5. The van der Waals surface area contributed by atoms with Gasteiger partial charge in [-0.25, -0.2) is 0 Å². The van der Waals surface area contributed by atoms with Crippen molar-refractivity contribution in [3.8, 4) is 28.7 Å². The van der Waals surface area contributed by atoms with Crippen LogP contribution in [-0.4, -0.2) is 41.3 Å². The fraction of sp³-hybridized carbons (Fsp3) is 0.250. The highest BCUT2D eigenvalue weighted by atomic mass is 16.5. The van der Waals surface area contributed by atoms with Gasteiger partial charge in [0.2, 0.25) is 0 Å². The van der Waals surface area contributed by atoms with Gasteiger partial charge in [-0.3, -0.25) is 4.79 Å². The highest BCUT2D eigenvalue weighted by Crippen LogP contribution is 2.35. The number of rotatable bonds is 8. The first-order valence-electron chi connectivity index (χ1n) is 7.82. The Bertz CT molecular complexity index is 785. The molecule has 138 valence electrons. The molecule has 6 heteroatoms. The van der Waals surface area contributed by atoms with Crippen LogP contribution in [0.25, 0.3) is 6.08 Å². The molecule has 2 aromatic rings. The first-order chi connectivity index (χ1) is 12.6. The zero-order valence-electron chi connectivity index (χ0n) is 15.5. The lowest BCUT2D eigenvalue weighted by molar-refractivity contribution is 0.104. The molecule has 0 aliphatic rings. The maximum atomic E-state index is 12.7. The van der Waals surface area contributed by atoms with Crippen LogP contribution in [0.4, 0.5) is 0 Å². The Labute approximate surface area is 152 Å². The Morgan fingerprint density at radius 2 is 1.31 bits per heavy atom. The molecule has 0 radical (unpaired) electrons. The lowest BCUT2D eigenvalue weighted by Crippen LogP contribution is -2.03. The molecule has 0 saturated carbocycles. The predicted molar refractivity (Wildman–Crippen MR) is 99.0 cm³/mol. The fourth-order valence-corrected chi connectivity index (χ4v) is 2.46. The summed E-state index contributed by atoms with van der Waals surface area (Å²) in [6.45, 7) is 0. The normalized spacial score (nSPS) is 10.5. The Morgan fingerprint density at radius 1 is 0.731 bits per heavy atom. The van der Waals surface area contributed by atoms with E-state index in [9.17, 15) is 4.79 Å². The van der Waals surface area contributed by atoms with E-state index in [-0.39, 0.29) is 5.78 Å². The fourth-order valence-electron chi connectivity index (χ4n) is 2.46. The standard InChI is InChI=1S/C20H22O6/c1-22-14-11-18(25-4)20(19(12-14)26-5)15(21)8-6-13-7-9-16(23-2)17(10-13)24-3/h6-12H,1-5H3/b8-6+. The Hall–Kier alpha value is -3.15. The van der Waals surface area contributed by atoms with Crippen LogP contribution in [0.3, 0.4) is 0 Å². The topological polar surface area (TPSA) is 63.2 Å². The summed E-state index contributed by atoms with van der Waals surface area (Å²) in [5.74, 6) is 2.25. The minimum absolute atomic E-state index is 0.254. The van der Waals surface area contributed by atoms with Crippen molar-refractivity contribution in [3.63, 3.8) is 0 Å². The van der Waals surface area contributed by atoms with Crippen LogP contribution in [-0.2, 0) is 0 Å². The molecular formula is C20H22O6. The van der Waals surface area contributed by atoms with Crippen LogP contribution < -0.4 is 23.7 Å². The van der Waals surface area contributed by atoms with Crippen LogP contribution in [0.1, 0.15) is 15.9 Å². The Kier molecular flexibility index (Phi) is 6.49. The number of carbonyl (C=O) groups excluding carboxylic acids is 1. The van der Waals surface area contributed by atoms with Gasteiger partial charge in [0.15, 0.2) is 17.3 Å². The maximum Gasteiger partial charge on any atom is 0.193 e. The van der Waals surface area contributed by atoms with Crippen LogP contribution in [0.15, 0.2) is 36.4 Å². The van der Waals surface area contributed by atoms with Gasteiger partial charge in [0, 0.05) is 12.1 Å².